The highest BCUT2D eigenvalue weighted by atomic mass is 15.1. The SMILES string of the molecule is [c]1cccc2c(N(c3ccccc3)c3ccccc3)cccc12. The third-order valence-corrected chi connectivity index (χ3v) is 3.95. The molecule has 0 aliphatic rings. The maximum Gasteiger partial charge on any atom is 0.0540 e. The van der Waals surface area contributed by atoms with Gasteiger partial charge in [-0.15, -0.1) is 0 Å². The molecule has 0 bridgehead atoms. The van der Waals surface area contributed by atoms with Crippen LogP contribution in [-0.4, -0.2) is 0 Å². The molecule has 0 aromatic heterocycles. The Bertz CT molecular complexity index is 869. The van der Waals surface area contributed by atoms with E-state index in [9.17, 15) is 0 Å². The first-order valence-electron chi connectivity index (χ1n) is 7.73. The van der Waals surface area contributed by atoms with E-state index in [1.165, 1.54) is 5.39 Å². The summed E-state index contributed by atoms with van der Waals surface area (Å²) in [5.74, 6) is 0. The van der Waals surface area contributed by atoms with Gasteiger partial charge in [0, 0.05) is 16.8 Å². The van der Waals surface area contributed by atoms with E-state index in [1.54, 1.807) is 0 Å². The molecule has 1 nitrogen and oxygen atoms in total. The Hall–Kier alpha value is -3.06. The van der Waals surface area contributed by atoms with Gasteiger partial charge in [0.05, 0.1) is 5.69 Å². The number of anilines is 3. The third kappa shape index (κ3) is 2.58. The second kappa shape index (κ2) is 5.98. The molecule has 0 fully saturated rings. The number of para-hydroxylation sites is 2. The first kappa shape index (κ1) is 13.6. The smallest absolute Gasteiger partial charge is 0.0540 e. The number of benzene rings is 4. The van der Waals surface area contributed by atoms with Crippen molar-refractivity contribution in [1.82, 2.24) is 0 Å². The fourth-order valence-electron chi connectivity index (χ4n) is 2.91. The molecule has 0 aliphatic carbocycles. The predicted molar refractivity (Wildman–Crippen MR) is 97.5 cm³/mol. The van der Waals surface area contributed by atoms with Crippen molar-refractivity contribution in [3.63, 3.8) is 0 Å². The average Bonchev–Trinajstić information content (AvgIpc) is 2.64. The lowest BCUT2D eigenvalue weighted by Crippen LogP contribution is -2.10. The maximum absolute atomic E-state index is 3.32. The van der Waals surface area contributed by atoms with Crippen molar-refractivity contribution >= 4 is 27.8 Å². The van der Waals surface area contributed by atoms with E-state index < -0.39 is 0 Å². The Morgan fingerprint density at radius 1 is 0.565 bits per heavy atom. The average molecular weight is 294 g/mol. The van der Waals surface area contributed by atoms with E-state index in [-0.39, 0.29) is 0 Å². The van der Waals surface area contributed by atoms with E-state index in [0.717, 1.165) is 22.4 Å². The van der Waals surface area contributed by atoms with E-state index in [0.29, 0.717) is 0 Å². The van der Waals surface area contributed by atoms with Crippen LogP contribution in [0.2, 0.25) is 0 Å². The molecular weight excluding hydrogens is 278 g/mol. The lowest BCUT2D eigenvalue weighted by atomic mass is 10.1. The van der Waals surface area contributed by atoms with Crippen molar-refractivity contribution in [1.29, 1.82) is 0 Å². The quantitative estimate of drug-likeness (QED) is 0.440. The summed E-state index contributed by atoms with van der Waals surface area (Å²) in [5.41, 5.74) is 3.46. The highest BCUT2D eigenvalue weighted by Gasteiger charge is 2.14. The Morgan fingerprint density at radius 3 is 1.87 bits per heavy atom. The highest BCUT2D eigenvalue weighted by Crippen LogP contribution is 2.38. The highest BCUT2D eigenvalue weighted by molar-refractivity contribution is 5.98. The predicted octanol–water partition coefficient (Wildman–Crippen LogP) is 6.11. The Labute approximate surface area is 136 Å². The van der Waals surface area contributed by atoms with Crippen LogP contribution in [0.3, 0.4) is 0 Å². The van der Waals surface area contributed by atoms with E-state index in [2.05, 4.69) is 83.8 Å². The molecule has 0 atom stereocenters. The summed E-state index contributed by atoms with van der Waals surface area (Å²) in [5, 5.41) is 2.32. The number of nitrogens with zero attached hydrogens (tertiary/aromatic N) is 1. The Kier molecular flexibility index (Phi) is 3.53. The van der Waals surface area contributed by atoms with Crippen LogP contribution in [0.15, 0.2) is 97.1 Å². The summed E-state index contributed by atoms with van der Waals surface area (Å²) in [6.45, 7) is 0. The first-order valence-corrected chi connectivity index (χ1v) is 7.73. The van der Waals surface area contributed by atoms with E-state index >= 15 is 0 Å². The van der Waals surface area contributed by atoms with Crippen LogP contribution in [-0.2, 0) is 0 Å². The number of rotatable bonds is 3. The molecule has 0 aliphatic heterocycles. The molecule has 0 spiro atoms. The summed E-state index contributed by atoms with van der Waals surface area (Å²) in [7, 11) is 0. The first-order chi connectivity index (χ1) is 11.4. The van der Waals surface area contributed by atoms with Crippen molar-refractivity contribution in [2.45, 2.75) is 0 Å². The summed E-state index contributed by atoms with van der Waals surface area (Å²) in [6, 6.07) is 36.8. The standard InChI is InChI=1S/C22H16N/c1-3-12-19(13-4-1)23(20-14-5-2-6-15-20)22-17-9-11-18-10-7-8-16-21(18)22/h1-9,11-17H. The van der Waals surface area contributed by atoms with Gasteiger partial charge >= 0.3 is 0 Å². The summed E-state index contributed by atoms with van der Waals surface area (Å²) in [6.07, 6.45) is 0. The molecule has 0 heterocycles. The zero-order valence-electron chi connectivity index (χ0n) is 12.7. The zero-order chi connectivity index (χ0) is 15.5. The molecule has 4 aromatic rings. The fraction of sp³-hybridized carbons (Fsp3) is 0. The van der Waals surface area contributed by atoms with Gasteiger partial charge in [-0.2, -0.15) is 0 Å². The Morgan fingerprint density at radius 2 is 1.22 bits per heavy atom. The Balaban J connectivity index is 1.98. The van der Waals surface area contributed by atoms with Crippen molar-refractivity contribution in [3.8, 4) is 0 Å². The van der Waals surface area contributed by atoms with Crippen LogP contribution < -0.4 is 4.90 Å². The van der Waals surface area contributed by atoms with Crippen molar-refractivity contribution in [2.75, 3.05) is 4.90 Å². The van der Waals surface area contributed by atoms with Crippen molar-refractivity contribution in [2.24, 2.45) is 0 Å². The summed E-state index contributed by atoms with van der Waals surface area (Å²) in [4.78, 5) is 2.29. The van der Waals surface area contributed by atoms with Crippen LogP contribution in [0, 0.1) is 6.07 Å². The second-order valence-corrected chi connectivity index (χ2v) is 5.42. The largest absolute Gasteiger partial charge is 0.310 e. The minimum absolute atomic E-state index is 1.13. The van der Waals surface area contributed by atoms with Crippen LogP contribution in [0.4, 0.5) is 17.1 Å². The van der Waals surface area contributed by atoms with Gasteiger partial charge < -0.3 is 4.90 Å². The summed E-state index contributed by atoms with van der Waals surface area (Å²) >= 11 is 0. The van der Waals surface area contributed by atoms with Gasteiger partial charge in [-0.05, 0) is 41.8 Å². The van der Waals surface area contributed by atoms with Crippen LogP contribution in [0.1, 0.15) is 0 Å². The fourth-order valence-corrected chi connectivity index (χ4v) is 2.91. The lowest BCUT2D eigenvalue weighted by molar-refractivity contribution is 1.30. The van der Waals surface area contributed by atoms with Gasteiger partial charge in [0.1, 0.15) is 0 Å². The van der Waals surface area contributed by atoms with Crippen molar-refractivity contribution < 1.29 is 0 Å². The van der Waals surface area contributed by atoms with E-state index in [1.807, 2.05) is 24.3 Å². The minimum Gasteiger partial charge on any atom is -0.310 e. The van der Waals surface area contributed by atoms with Crippen LogP contribution in [0.5, 0.6) is 0 Å². The molecule has 0 saturated heterocycles. The topological polar surface area (TPSA) is 3.24 Å². The minimum atomic E-state index is 1.13. The molecule has 0 N–H and O–H groups in total. The van der Waals surface area contributed by atoms with Gasteiger partial charge in [0.2, 0.25) is 0 Å². The van der Waals surface area contributed by atoms with Gasteiger partial charge in [0.25, 0.3) is 0 Å². The number of hydrogen-bond donors (Lipinski definition) is 0. The third-order valence-electron chi connectivity index (χ3n) is 3.95. The molecular formula is C22H16N. The monoisotopic (exact) mass is 294 g/mol. The zero-order valence-corrected chi connectivity index (χ0v) is 12.7. The van der Waals surface area contributed by atoms with Gasteiger partial charge in [0.15, 0.2) is 0 Å². The lowest BCUT2D eigenvalue weighted by Gasteiger charge is -2.26. The second-order valence-electron chi connectivity index (χ2n) is 5.42. The van der Waals surface area contributed by atoms with Gasteiger partial charge in [-0.1, -0.05) is 66.7 Å². The van der Waals surface area contributed by atoms with Crippen molar-refractivity contribution in [3.05, 3.63) is 103 Å². The van der Waals surface area contributed by atoms with Gasteiger partial charge in [-0.25, -0.2) is 0 Å². The molecule has 4 aromatic carbocycles. The van der Waals surface area contributed by atoms with Gasteiger partial charge in [-0.3, -0.25) is 0 Å². The molecule has 109 valence electrons. The molecule has 1 heteroatoms. The molecule has 0 amide bonds. The van der Waals surface area contributed by atoms with Crippen LogP contribution in [0.25, 0.3) is 10.8 Å². The number of fused-ring (bicyclic) bond motifs is 1. The van der Waals surface area contributed by atoms with E-state index in [4.69, 9.17) is 0 Å². The summed E-state index contributed by atoms with van der Waals surface area (Å²) < 4.78 is 0. The molecule has 4 rings (SSSR count). The molecule has 0 saturated carbocycles. The molecule has 23 heavy (non-hydrogen) atoms. The molecule has 0 unspecified atom stereocenters. The normalized spacial score (nSPS) is 10.6. The van der Waals surface area contributed by atoms with Crippen LogP contribution >= 0.6 is 0 Å². The molecule has 1 radical (unpaired) electrons. The number of hydrogen-bond acceptors (Lipinski definition) is 1. The maximum atomic E-state index is 3.32.